The van der Waals surface area contributed by atoms with E-state index in [9.17, 15) is 0 Å². The first-order valence-electron chi connectivity index (χ1n) is 5.73. The van der Waals surface area contributed by atoms with E-state index in [1.807, 2.05) is 0 Å². The van der Waals surface area contributed by atoms with Gasteiger partial charge in [0.15, 0.2) is 0 Å². The second-order valence-corrected chi connectivity index (χ2v) is 5.18. The maximum Gasteiger partial charge on any atom is 0.138 e. The van der Waals surface area contributed by atoms with E-state index in [-0.39, 0.29) is 0 Å². The van der Waals surface area contributed by atoms with E-state index >= 15 is 0 Å². The molecule has 2 heterocycles. The standard InChI is InChI=1S/C12H16N2OS/c1-2-11-12(16-9-15-11)7-10(1)8-14-5-3-13-4-6-14/h1-2,7,13H,3-6,8-9H2. The fraction of sp³-hybridized carbons (Fsp3) is 0.500. The highest BCUT2D eigenvalue weighted by atomic mass is 32.2. The number of nitrogens with one attached hydrogen (secondary N) is 1. The van der Waals surface area contributed by atoms with E-state index in [1.54, 1.807) is 11.8 Å². The molecule has 0 aromatic heterocycles. The van der Waals surface area contributed by atoms with Crippen molar-refractivity contribution in [2.45, 2.75) is 11.4 Å². The molecule has 86 valence electrons. The number of hydrogen-bond acceptors (Lipinski definition) is 4. The molecule has 0 aliphatic carbocycles. The zero-order valence-electron chi connectivity index (χ0n) is 9.24. The second-order valence-electron chi connectivity index (χ2n) is 4.21. The van der Waals surface area contributed by atoms with Crippen LogP contribution in [0.3, 0.4) is 0 Å². The van der Waals surface area contributed by atoms with E-state index < -0.39 is 0 Å². The highest BCUT2D eigenvalue weighted by Gasteiger charge is 2.15. The van der Waals surface area contributed by atoms with Crippen molar-refractivity contribution >= 4 is 11.8 Å². The van der Waals surface area contributed by atoms with Gasteiger partial charge in [0.2, 0.25) is 0 Å². The number of thioether (sulfide) groups is 1. The Balaban J connectivity index is 1.69. The fourth-order valence-corrected chi connectivity index (χ4v) is 2.98. The van der Waals surface area contributed by atoms with Crippen LogP contribution in [0.1, 0.15) is 5.56 Å². The quantitative estimate of drug-likeness (QED) is 0.842. The molecule has 1 fully saturated rings. The molecule has 1 aromatic rings. The van der Waals surface area contributed by atoms with Crippen molar-refractivity contribution in [1.82, 2.24) is 10.2 Å². The SMILES string of the molecule is c1cc2c(cc1CN1CCNCC1)SCO2. The zero-order valence-corrected chi connectivity index (χ0v) is 10.1. The number of piperazine rings is 1. The van der Waals surface area contributed by atoms with Gasteiger partial charge in [0, 0.05) is 32.7 Å². The predicted octanol–water partition coefficient (Wildman–Crippen LogP) is 1.53. The molecule has 0 unspecified atom stereocenters. The fourth-order valence-electron chi connectivity index (χ4n) is 2.17. The Bertz CT molecular complexity index is 377. The lowest BCUT2D eigenvalue weighted by molar-refractivity contribution is 0.233. The van der Waals surface area contributed by atoms with Crippen LogP contribution in [0.5, 0.6) is 5.75 Å². The summed E-state index contributed by atoms with van der Waals surface area (Å²) in [4.78, 5) is 3.80. The third-order valence-electron chi connectivity index (χ3n) is 3.05. The molecule has 0 bridgehead atoms. The van der Waals surface area contributed by atoms with Crippen molar-refractivity contribution in [1.29, 1.82) is 0 Å². The monoisotopic (exact) mass is 236 g/mol. The number of nitrogens with zero attached hydrogens (tertiary/aromatic N) is 1. The topological polar surface area (TPSA) is 24.5 Å². The summed E-state index contributed by atoms with van der Waals surface area (Å²) in [5, 5.41) is 3.38. The highest BCUT2D eigenvalue weighted by molar-refractivity contribution is 7.99. The Morgan fingerprint density at radius 1 is 1.31 bits per heavy atom. The van der Waals surface area contributed by atoms with Crippen LogP contribution in [0, 0.1) is 0 Å². The summed E-state index contributed by atoms with van der Waals surface area (Å²) in [6, 6.07) is 6.56. The van der Waals surface area contributed by atoms with Gasteiger partial charge >= 0.3 is 0 Å². The normalized spacial score (nSPS) is 20.5. The van der Waals surface area contributed by atoms with Gasteiger partial charge in [0.25, 0.3) is 0 Å². The van der Waals surface area contributed by atoms with Gasteiger partial charge < -0.3 is 10.1 Å². The van der Waals surface area contributed by atoms with Crippen LogP contribution in [-0.2, 0) is 6.54 Å². The van der Waals surface area contributed by atoms with Crippen LogP contribution in [0.25, 0.3) is 0 Å². The number of rotatable bonds is 2. The number of hydrogen-bond donors (Lipinski definition) is 1. The first kappa shape index (κ1) is 10.4. The number of benzene rings is 1. The Hall–Kier alpha value is -0.710. The van der Waals surface area contributed by atoms with Crippen LogP contribution >= 0.6 is 11.8 Å². The minimum atomic E-state index is 0.770. The van der Waals surface area contributed by atoms with Crippen molar-refractivity contribution in [2.24, 2.45) is 0 Å². The van der Waals surface area contributed by atoms with Gasteiger partial charge in [-0.2, -0.15) is 0 Å². The average molecular weight is 236 g/mol. The number of fused-ring (bicyclic) bond motifs is 1. The summed E-state index contributed by atoms with van der Waals surface area (Å²) >= 11 is 1.79. The largest absolute Gasteiger partial charge is 0.481 e. The van der Waals surface area contributed by atoms with Crippen molar-refractivity contribution in [3.63, 3.8) is 0 Å². The molecule has 4 heteroatoms. The molecule has 1 saturated heterocycles. The van der Waals surface area contributed by atoms with Crippen molar-refractivity contribution < 1.29 is 4.74 Å². The van der Waals surface area contributed by atoms with Gasteiger partial charge in [0.1, 0.15) is 11.7 Å². The summed E-state index contributed by atoms with van der Waals surface area (Å²) < 4.78 is 5.48. The molecule has 0 saturated carbocycles. The van der Waals surface area contributed by atoms with Crippen molar-refractivity contribution in [3.05, 3.63) is 23.8 Å². The Labute approximate surface area is 100 Å². The van der Waals surface area contributed by atoms with Gasteiger partial charge in [-0.3, -0.25) is 4.90 Å². The van der Waals surface area contributed by atoms with E-state index in [1.165, 1.54) is 10.5 Å². The van der Waals surface area contributed by atoms with Crippen molar-refractivity contribution in [3.8, 4) is 5.75 Å². The third kappa shape index (κ3) is 2.19. The molecule has 2 aliphatic heterocycles. The molecule has 1 aromatic carbocycles. The van der Waals surface area contributed by atoms with Gasteiger partial charge in [-0.25, -0.2) is 0 Å². The summed E-state index contributed by atoms with van der Waals surface area (Å²) in [6.07, 6.45) is 0. The van der Waals surface area contributed by atoms with E-state index in [0.29, 0.717) is 0 Å². The number of ether oxygens (including phenoxy) is 1. The smallest absolute Gasteiger partial charge is 0.138 e. The molecular formula is C12H16N2OS. The van der Waals surface area contributed by atoms with Crippen molar-refractivity contribution in [2.75, 3.05) is 32.1 Å². The van der Waals surface area contributed by atoms with Gasteiger partial charge in [-0.1, -0.05) is 17.8 Å². The lowest BCUT2D eigenvalue weighted by atomic mass is 10.2. The van der Waals surface area contributed by atoms with Gasteiger partial charge in [-0.05, 0) is 17.7 Å². The Morgan fingerprint density at radius 3 is 3.06 bits per heavy atom. The second kappa shape index (κ2) is 4.65. The predicted molar refractivity (Wildman–Crippen MR) is 65.9 cm³/mol. The minimum Gasteiger partial charge on any atom is -0.481 e. The summed E-state index contributed by atoms with van der Waals surface area (Å²) in [6.45, 7) is 5.60. The molecule has 0 radical (unpaired) electrons. The molecule has 16 heavy (non-hydrogen) atoms. The first-order chi connectivity index (χ1) is 7.92. The van der Waals surface area contributed by atoms with E-state index in [0.717, 1.165) is 44.4 Å². The Kier molecular flexibility index (Phi) is 3.04. The molecule has 0 amide bonds. The molecule has 0 atom stereocenters. The highest BCUT2D eigenvalue weighted by Crippen LogP contribution is 2.36. The average Bonchev–Trinajstić information content (AvgIpc) is 2.77. The summed E-state index contributed by atoms with van der Waals surface area (Å²) in [7, 11) is 0. The molecule has 3 rings (SSSR count). The van der Waals surface area contributed by atoms with E-state index in [2.05, 4.69) is 28.4 Å². The third-order valence-corrected chi connectivity index (χ3v) is 3.92. The van der Waals surface area contributed by atoms with Gasteiger partial charge in [-0.15, -0.1) is 0 Å². The van der Waals surface area contributed by atoms with Crippen LogP contribution in [0.4, 0.5) is 0 Å². The van der Waals surface area contributed by atoms with Crippen LogP contribution in [0.15, 0.2) is 23.1 Å². The molecular weight excluding hydrogens is 220 g/mol. The van der Waals surface area contributed by atoms with Crippen LogP contribution in [0.2, 0.25) is 0 Å². The summed E-state index contributed by atoms with van der Waals surface area (Å²) in [5.74, 6) is 1.82. The molecule has 0 spiro atoms. The first-order valence-corrected chi connectivity index (χ1v) is 6.72. The summed E-state index contributed by atoms with van der Waals surface area (Å²) in [5.41, 5.74) is 1.40. The zero-order chi connectivity index (χ0) is 10.8. The maximum atomic E-state index is 5.48. The van der Waals surface area contributed by atoms with Crippen LogP contribution < -0.4 is 10.1 Å². The lowest BCUT2D eigenvalue weighted by Crippen LogP contribution is -2.42. The molecule has 1 N–H and O–H groups in total. The Morgan fingerprint density at radius 2 is 2.19 bits per heavy atom. The van der Waals surface area contributed by atoms with E-state index in [4.69, 9.17) is 4.74 Å². The van der Waals surface area contributed by atoms with Gasteiger partial charge in [0.05, 0.1) is 4.90 Å². The lowest BCUT2D eigenvalue weighted by Gasteiger charge is -2.27. The maximum absolute atomic E-state index is 5.48. The minimum absolute atomic E-state index is 0.770. The molecule has 3 nitrogen and oxygen atoms in total. The molecule has 2 aliphatic rings. The van der Waals surface area contributed by atoms with Crippen LogP contribution in [-0.4, -0.2) is 37.0 Å².